The Morgan fingerprint density at radius 1 is 1.25 bits per heavy atom. The summed E-state index contributed by atoms with van der Waals surface area (Å²) in [6.07, 6.45) is -0.703. The van der Waals surface area contributed by atoms with Gasteiger partial charge in [0.05, 0.1) is 6.20 Å². The van der Waals surface area contributed by atoms with E-state index in [4.69, 9.17) is 5.73 Å². The van der Waals surface area contributed by atoms with Crippen LogP contribution in [0.4, 0.5) is 13.2 Å². The van der Waals surface area contributed by atoms with E-state index in [1.165, 1.54) is 0 Å². The van der Waals surface area contributed by atoms with E-state index in [-0.39, 0.29) is 35.3 Å². The maximum absolute atomic E-state index is 12.2. The van der Waals surface area contributed by atoms with Crippen LogP contribution in [0, 0.1) is 0 Å². The van der Waals surface area contributed by atoms with Gasteiger partial charge in [-0.05, 0) is 31.7 Å². The van der Waals surface area contributed by atoms with Crippen molar-refractivity contribution in [1.29, 1.82) is 0 Å². The number of pyridine rings is 1. The molecule has 0 unspecified atom stereocenters. The fourth-order valence-electron chi connectivity index (χ4n) is 2.29. The van der Waals surface area contributed by atoms with Crippen molar-refractivity contribution in [2.75, 3.05) is 6.61 Å². The van der Waals surface area contributed by atoms with Gasteiger partial charge in [-0.1, -0.05) is 0 Å². The summed E-state index contributed by atoms with van der Waals surface area (Å²) in [5, 5.41) is 0. The van der Waals surface area contributed by atoms with E-state index in [1.807, 2.05) is 0 Å². The van der Waals surface area contributed by atoms with Gasteiger partial charge in [0.2, 0.25) is 15.9 Å². The molecule has 2 rings (SSSR count). The lowest BCUT2D eigenvalue weighted by Crippen LogP contribution is -2.40. The topological polar surface area (TPSA) is 94.3 Å². The number of sulfonamides is 1. The van der Waals surface area contributed by atoms with Gasteiger partial charge in [0, 0.05) is 18.2 Å². The second-order valence-electron chi connectivity index (χ2n) is 5.47. The average molecular weight is 390 g/mol. The van der Waals surface area contributed by atoms with Crippen LogP contribution < -0.4 is 15.2 Å². The first-order valence-electron chi connectivity index (χ1n) is 7.09. The summed E-state index contributed by atoms with van der Waals surface area (Å²) in [5.74, 6) is -0.287. The van der Waals surface area contributed by atoms with E-state index in [2.05, 4.69) is 14.4 Å². The van der Waals surface area contributed by atoms with Crippen molar-refractivity contribution < 1.29 is 26.3 Å². The smallest absolute Gasteiger partial charge is 0.422 e. The first kappa shape index (κ1) is 20.9. The number of nitrogens with zero attached hydrogens (tertiary/aromatic N) is 1. The zero-order valence-electron chi connectivity index (χ0n) is 12.6. The van der Waals surface area contributed by atoms with Gasteiger partial charge in [-0.25, -0.2) is 18.1 Å². The lowest BCUT2D eigenvalue weighted by Gasteiger charge is -2.26. The summed E-state index contributed by atoms with van der Waals surface area (Å²) >= 11 is 0. The van der Waals surface area contributed by atoms with Crippen LogP contribution in [0.25, 0.3) is 0 Å². The minimum Gasteiger partial charge on any atom is -0.468 e. The predicted molar refractivity (Wildman–Crippen MR) is 83.6 cm³/mol. The van der Waals surface area contributed by atoms with Gasteiger partial charge in [0.25, 0.3) is 0 Å². The van der Waals surface area contributed by atoms with Crippen LogP contribution in [0.3, 0.4) is 0 Å². The van der Waals surface area contributed by atoms with Crippen molar-refractivity contribution in [1.82, 2.24) is 9.71 Å². The molecule has 0 aromatic carbocycles. The Kier molecular flexibility index (Phi) is 7.26. The van der Waals surface area contributed by atoms with Crippen LogP contribution >= 0.6 is 12.4 Å². The van der Waals surface area contributed by atoms with Crippen LogP contribution in [0.5, 0.6) is 5.88 Å². The molecule has 1 aliphatic rings. The molecular weight excluding hydrogens is 371 g/mol. The highest BCUT2D eigenvalue weighted by atomic mass is 35.5. The van der Waals surface area contributed by atoms with E-state index in [0.717, 1.165) is 31.2 Å². The molecule has 11 heteroatoms. The molecule has 1 fully saturated rings. The Balaban J connectivity index is 0.00000288. The minimum atomic E-state index is -4.48. The van der Waals surface area contributed by atoms with E-state index in [9.17, 15) is 21.6 Å². The number of alkyl halides is 3. The van der Waals surface area contributed by atoms with Gasteiger partial charge in [0.1, 0.15) is 4.90 Å². The van der Waals surface area contributed by atoms with E-state index < -0.39 is 22.8 Å². The summed E-state index contributed by atoms with van der Waals surface area (Å²) in [5.41, 5.74) is 5.77. The van der Waals surface area contributed by atoms with Gasteiger partial charge in [-0.15, -0.1) is 12.4 Å². The molecule has 138 valence electrons. The molecule has 24 heavy (non-hydrogen) atoms. The molecule has 0 atom stereocenters. The van der Waals surface area contributed by atoms with E-state index in [0.29, 0.717) is 12.8 Å². The highest BCUT2D eigenvalue weighted by molar-refractivity contribution is 7.89. The summed E-state index contributed by atoms with van der Waals surface area (Å²) < 4.78 is 67.5. The number of aromatic nitrogens is 1. The SMILES string of the molecule is Cl.NC1CCC(NS(=O)(=O)c2ccc(OCC(F)(F)F)nc2)CC1. The third-order valence-corrected chi connectivity index (χ3v) is 5.00. The molecule has 1 aliphatic carbocycles. The van der Waals surface area contributed by atoms with Crippen molar-refractivity contribution in [3.05, 3.63) is 18.3 Å². The van der Waals surface area contributed by atoms with Crippen molar-refractivity contribution in [3.63, 3.8) is 0 Å². The second kappa shape index (κ2) is 8.32. The molecule has 0 radical (unpaired) electrons. The molecule has 3 N–H and O–H groups in total. The number of hydrogen-bond acceptors (Lipinski definition) is 5. The van der Waals surface area contributed by atoms with Crippen LogP contribution in [-0.2, 0) is 10.0 Å². The zero-order valence-corrected chi connectivity index (χ0v) is 14.3. The zero-order chi connectivity index (χ0) is 17.1. The molecule has 1 aromatic heterocycles. The Bertz CT molecular complexity index is 618. The Hall–Kier alpha value is -1.10. The summed E-state index contributed by atoms with van der Waals surface area (Å²) in [6, 6.07) is 2.16. The highest BCUT2D eigenvalue weighted by Crippen LogP contribution is 2.21. The van der Waals surface area contributed by atoms with Gasteiger partial charge < -0.3 is 10.5 Å². The molecule has 0 spiro atoms. The largest absolute Gasteiger partial charge is 0.468 e. The Morgan fingerprint density at radius 2 is 1.88 bits per heavy atom. The number of ether oxygens (including phenoxy) is 1. The monoisotopic (exact) mass is 389 g/mol. The van der Waals surface area contributed by atoms with E-state index in [1.54, 1.807) is 0 Å². The molecule has 1 saturated carbocycles. The van der Waals surface area contributed by atoms with Crippen molar-refractivity contribution in [2.24, 2.45) is 5.73 Å². The molecular formula is C13H19ClF3N3O3S. The van der Waals surface area contributed by atoms with Crippen molar-refractivity contribution >= 4 is 22.4 Å². The molecule has 6 nitrogen and oxygen atoms in total. The van der Waals surface area contributed by atoms with Gasteiger partial charge in [-0.2, -0.15) is 13.2 Å². The number of halogens is 4. The maximum Gasteiger partial charge on any atom is 0.422 e. The molecule has 0 saturated heterocycles. The third kappa shape index (κ3) is 6.42. The number of rotatable bonds is 5. The first-order valence-corrected chi connectivity index (χ1v) is 8.57. The lowest BCUT2D eigenvalue weighted by atomic mass is 9.93. The van der Waals surface area contributed by atoms with Gasteiger partial charge in [0.15, 0.2) is 6.61 Å². The van der Waals surface area contributed by atoms with Crippen LogP contribution in [0.1, 0.15) is 25.7 Å². The van der Waals surface area contributed by atoms with Crippen molar-refractivity contribution in [3.8, 4) is 5.88 Å². The molecule has 0 bridgehead atoms. The quantitative estimate of drug-likeness (QED) is 0.803. The van der Waals surface area contributed by atoms with Gasteiger partial charge in [-0.3, -0.25) is 0 Å². The fraction of sp³-hybridized carbons (Fsp3) is 0.615. The summed E-state index contributed by atoms with van der Waals surface area (Å²) in [7, 11) is -3.77. The maximum atomic E-state index is 12.2. The standard InChI is InChI=1S/C13H18F3N3O3S.ClH/c14-13(15,16)8-22-12-6-5-11(7-18-12)23(20,21)19-10-3-1-9(17)2-4-10;/h5-7,9-10,19H,1-4,8,17H2;1H. The summed E-state index contributed by atoms with van der Waals surface area (Å²) in [6.45, 7) is -1.48. The Labute approximate surface area is 144 Å². The minimum absolute atomic E-state index is 0. The van der Waals surface area contributed by atoms with Gasteiger partial charge >= 0.3 is 6.18 Å². The lowest BCUT2D eigenvalue weighted by molar-refractivity contribution is -0.154. The van der Waals surface area contributed by atoms with Crippen molar-refractivity contribution in [2.45, 2.75) is 48.8 Å². The summed E-state index contributed by atoms with van der Waals surface area (Å²) in [4.78, 5) is 3.47. The van der Waals surface area contributed by atoms with E-state index >= 15 is 0 Å². The molecule has 0 aliphatic heterocycles. The normalized spacial score (nSPS) is 21.8. The molecule has 1 heterocycles. The molecule has 1 aromatic rings. The third-order valence-electron chi connectivity index (χ3n) is 3.50. The fourth-order valence-corrected chi connectivity index (χ4v) is 3.54. The first-order chi connectivity index (χ1) is 10.7. The predicted octanol–water partition coefficient (Wildman–Crippen LogP) is 1.99. The van der Waals surface area contributed by atoms with Crippen LogP contribution in [0.2, 0.25) is 0 Å². The Morgan fingerprint density at radius 3 is 2.38 bits per heavy atom. The highest BCUT2D eigenvalue weighted by Gasteiger charge is 2.29. The second-order valence-corrected chi connectivity index (χ2v) is 7.18. The van der Waals surface area contributed by atoms with Crippen LogP contribution in [0.15, 0.2) is 23.2 Å². The number of hydrogen-bond donors (Lipinski definition) is 2. The number of nitrogens with two attached hydrogens (primary N) is 1. The average Bonchev–Trinajstić information content (AvgIpc) is 2.47. The molecule has 0 amide bonds. The van der Waals surface area contributed by atoms with Crippen LogP contribution in [-0.4, -0.2) is 38.3 Å². The number of nitrogens with one attached hydrogen (secondary N) is 1.